The van der Waals surface area contributed by atoms with Gasteiger partial charge in [-0.15, -0.1) is 0 Å². The van der Waals surface area contributed by atoms with Gasteiger partial charge in [0.2, 0.25) is 0 Å². The predicted octanol–water partition coefficient (Wildman–Crippen LogP) is 1.90. The Morgan fingerprint density at radius 1 is 0.962 bits per heavy atom. The molecule has 0 aliphatic carbocycles. The summed E-state index contributed by atoms with van der Waals surface area (Å²) in [7, 11) is 1.88. The minimum absolute atomic E-state index is 0.0799. The van der Waals surface area contributed by atoms with Crippen molar-refractivity contribution in [2.45, 2.75) is 13.8 Å². The zero-order valence-corrected chi connectivity index (χ0v) is 15.1. The normalized spacial score (nSPS) is 9.69. The smallest absolute Gasteiger partial charge is 0.185 e. The molecule has 0 saturated heterocycles. The summed E-state index contributed by atoms with van der Waals surface area (Å²) in [5, 5.41) is 11.3. The molecule has 0 spiro atoms. The van der Waals surface area contributed by atoms with Crippen LogP contribution >= 0.6 is 0 Å². The molecule has 0 saturated carbocycles. The van der Waals surface area contributed by atoms with E-state index in [1.165, 1.54) is 0 Å². The molecular weight excluding hydrogens is 360 g/mol. The van der Waals surface area contributed by atoms with Gasteiger partial charge in [0.1, 0.15) is 5.69 Å². The fraction of sp³-hybridized carbons (Fsp3) is 0.562. The standard InChI is InChI=1S/C7H3F4NO.C7H17NO3.C2H6/c8-3-2(1-13)4(9)6(11)7(12)5(3)10;1-8-2-4-10-6-7-11-5-3-9;1-2/h1H,12H2;8-9H,2-7H2,1H3;1-2H3. The Kier molecular flexibility index (Phi) is 17.0. The van der Waals surface area contributed by atoms with Crippen LogP contribution in [-0.2, 0) is 9.47 Å². The van der Waals surface area contributed by atoms with E-state index in [0.29, 0.717) is 26.4 Å². The summed E-state index contributed by atoms with van der Waals surface area (Å²) in [5.74, 6) is -7.10. The SMILES string of the molecule is CC.CNCCOCCOCCO.Nc1c(F)c(F)c(C=O)c(F)c1F. The lowest BCUT2D eigenvalue weighted by Gasteiger charge is -2.03. The van der Waals surface area contributed by atoms with Gasteiger partial charge in [-0.2, -0.15) is 0 Å². The minimum atomic E-state index is -1.79. The molecule has 1 aromatic carbocycles. The average molecular weight is 386 g/mol. The maximum absolute atomic E-state index is 12.6. The number of nitrogens with two attached hydrogens (primary N) is 1. The number of aliphatic hydroxyl groups excluding tert-OH is 1. The van der Waals surface area contributed by atoms with E-state index < -0.39 is 34.5 Å². The van der Waals surface area contributed by atoms with Gasteiger partial charge in [0.15, 0.2) is 29.6 Å². The number of aliphatic hydroxyl groups is 1. The summed E-state index contributed by atoms with van der Waals surface area (Å²) >= 11 is 0. The molecule has 4 N–H and O–H groups in total. The topological polar surface area (TPSA) is 93.8 Å². The van der Waals surface area contributed by atoms with Gasteiger partial charge in [-0.3, -0.25) is 4.79 Å². The second-order valence-electron chi connectivity index (χ2n) is 4.25. The molecule has 0 aliphatic rings. The Morgan fingerprint density at radius 3 is 1.81 bits per heavy atom. The Hall–Kier alpha value is -1.75. The number of aldehydes is 1. The third-order valence-corrected chi connectivity index (χ3v) is 2.55. The number of ether oxygens (including phenoxy) is 2. The van der Waals surface area contributed by atoms with Crippen LogP contribution in [-0.4, -0.2) is 58.0 Å². The van der Waals surface area contributed by atoms with Gasteiger partial charge in [0.05, 0.1) is 38.6 Å². The van der Waals surface area contributed by atoms with Crippen LogP contribution in [0.5, 0.6) is 0 Å². The van der Waals surface area contributed by atoms with E-state index in [1.54, 1.807) is 0 Å². The van der Waals surface area contributed by atoms with E-state index in [9.17, 15) is 22.4 Å². The van der Waals surface area contributed by atoms with Gasteiger partial charge in [-0.1, -0.05) is 13.8 Å². The number of rotatable bonds is 9. The van der Waals surface area contributed by atoms with E-state index in [-0.39, 0.29) is 12.9 Å². The van der Waals surface area contributed by atoms with Crippen LogP contribution in [0, 0.1) is 23.3 Å². The predicted molar refractivity (Wildman–Crippen MR) is 90.1 cm³/mol. The number of carbonyl (C=O) groups excluding carboxylic acids is 1. The second-order valence-corrected chi connectivity index (χ2v) is 4.25. The first-order chi connectivity index (χ1) is 12.4. The molecule has 26 heavy (non-hydrogen) atoms. The summed E-state index contributed by atoms with van der Waals surface area (Å²) < 4.78 is 60.4. The number of hydrogen-bond acceptors (Lipinski definition) is 6. The Labute approximate surface area is 150 Å². The lowest BCUT2D eigenvalue weighted by molar-refractivity contribution is 0.0343. The summed E-state index contributed by atoms with van der Waals surface area (Å²) in [5.41, 5.74) is 2.08. The van der Waals surface area contributed by atoms with Crippen LogP contribution in [0.1, 0.15) is 24.2 Å². The molecule has 10 heteroatoms. The molecule has 6 nitrogen and oxygen atoms in total. The molecule has 0 aliphatic heterocycles. The zero-order chi connectivity index (χ0) is 20.5. The third kappa shape index (κ3) is 9.66. The van der Waals surface area contributed by atoms with Gasteiger partial charge in [-0.05, 0) is 7.05 Å². The third-order valence-electron chi connectivity index (χ3n) is 2.55. The summed E-state index contributed by atoms with van der Waals surface area (Å²) in [4.78, 5) is 10.0. The van der Waals surface area contributed by atoms with Crippen molar-refractivity contribution in [2.75, 3.05) is 52.4 Å². The molecule has 0 radical (unpaired) electrons. The molecule has 0 bridgehead atoms. The van der Waals surface area contributed by atoms with Crippen LogP contribution in [0.3, 0.4) is 0 Å². The van der Waals surface area contributed by atoms with E-state index in [0.717, 1.165) is 6.54 Å². The van der Waals surface area contributed by atoms with Gasteiger partial charge >= 0.3 is 0 Å². The molecule has 0 amide bonds. The number of nitrogens with one attached hydrogen (secondary N) is 1. The van der Waals surface area contributed by atoms with Crippen LogP contribution in [0.15, 0.2) is 0 Å². The van der Waals surface area contributed by atoms with E-state index in [4.69, 9.17) is 14.6 Å². The van der Waals surface area contributed by atoms with Crippen molar-refractivity contribution >= 4 is 12.0 Å². The fourth-order valence-corrected chi connectivity index (χ4v) is 1.33. The Morgan fingerprint density at radius 2 is 1.42 bits per heavy atom. The molecular formula is C16H26F4N2O4. The monoisotopic (exact) mass is 386 g/mol. The maximum atomic E-state index is 12.6. The molecule has 0 fully saturated rings. The molecule has 1 aromatic rings. The van der Waals surface area contributed by atoms with Crippen LogP contribution in [0.4, 0.5) is 23.2 Å². The molecule has 0 atom stereocenters. The van der Waals surface area contributed by atoms with Crippen molar-refractivity contribution in [1.29, 1.82) is 0 Å². The van der Waals surface area contributed by atoms with Crippen molar-refractivity contribution in [3.8, 4) is 0 Å². The molecule has 0 aromatic heterocycles. The number of halogens is 4. The quantitative estimate of drug-likeness (QED) is 0.197. The lowest BCUT2D eigenvalue weighted by Crippen LogP contribution is -2.16. The van der Waals surface area contributed by atoms with Crippen LogP contribution in [0.25, 0.3) is 0 Å². The largest absolute Gasteiger partial charge is 0.394 e. The van der Waals surface area contributed by atoms with Gasteiger partial charge in [0.25, 0.3) is 0 Å². The van der Waals surface area contributed by atoms with Crippen molar-refractivity contribution in [3.05, 3.63) is 28.8 Å². The highest BCUT2D eigenvalue weighted by atomic mass is 19.2. The fourth-order valence-electron chi connectivity index (χ4n) is 1.33. The van der Waals surface area contributed by atoms with Crippen molar-refractivity contribution in [3.63, 3.8) is 0 Å². The van der Waals surface area contributed by atoms with E-state index in [1.807, 2.05) is 20.9 Å². The number of nitrogen functional groups attached to an aromatic ring is 1. The summed E-state index contributed by atoms with van der Waals surface area (Å²) in [6.45, 7) is 7.21. The summed E-state index contributed by atoms with van der Waals surface area (Å²) in [6, 6.07) is 0. The highest BCUT2D eigenvalue weighted by Gasteiger charge is 2.22. The average Bonchev–Trinajstić information content (AvgIpc) is 2.67. The van der Waals surface area contributed by atoms with Crippen molar-refractivity contribution in [1.82, 2.24) is 5.32 Å². The number of hydrogen-bond donors (Lipinski definition) is 3. The van der Waals surface area contributed by atoms with Gasteiger partial charge in [-0.25, -0.2) is 17.6 Å². The van der Waals surface area contributed by atoms with Gasteiger partial charge in [0, 0.05) is 6.54 Å². The zero-order valence-electron chi connectivity index (χ0n) is 15.1. The Bertz CT molecular complexity index is 483. The lowest BCUT2D eigenvalue weighted by atomic mass is 10.1. The first kappa shape index (κ1) is 26.5. The Balaban J connectivity index is 0. The first-order valence-corrected chi connectivity index (χ1v) is 7.89. The molecule has 0 heterocycles. The molecule has 0 unspecified atom stereocenters. The summed E-state index contributed by atoms with van der Waals surface area (Å²) in [6.07, 6.45) is -0.323. The number of likely N-dealkylation sites (N-methyl/N-ethyl adjacent to an activating group) is 1. The highest BCUT2D eigenvalue weighted by molar-refractivity contribution is 5.77. The first-order valence-electron chi connectivity index (χ1n) is 7.89. The van der Waals surface area contributed by atoms with E-state index >= 15 is 0 Å². The number of carbonyl (C=O) groups is 1. The van der Waals surface area contributed by atoms with Crippen LogP contribution < -0.4 is 11.1 Å². The van der Waals surface area contributed by atoms with Crippen LogP contribution in [0.2, 0.25) is 0 Å². The molecule has 1 rings (SSSR count). The van der Waals surface area contributed by atoms with E-state index in [2.05, 4.69) is 11.1 Å². The van der Waals surface area contributed by atoms with Crippen molar-refractivity contribution in [2.24, 2.45) is 0 Å². The van der Waals surface area contributed by atoms with Crippen molar-refractivity contribution < 1.29 is 36.9 Å². The second kappa shape index (κ2) is 16.7. The van der Waals surface area contributed by atoms with Gasteiger partial charge < -0.3 is 25.6 Å². The highest BCUT2D eigenvalue weighted by Crippen LogP contribution is 2.24. The minimum Gasteiger partial charge on any atom is -0.394 e. The number of benzene rings is 1. The molecule has 152 valence electrons. The maximum Gasteiger partial charge on any atom is 0.185 e. The number of anilines is 1.